The van der Waals surface area contributed by atoms with Gasteiger partial charge in [0.1, 0.15) is 5.69 Å². The molecule has 0 bridgehead atoms. The third-order valence-electron chi connectivity index (χ3n) is 3.09. The van der Waals surface area contributed by atoms with E-state index in [1.54, 1.807) is 11.3 Å². The predicted molar refractivity (Wildman–Crippen MR) is 62.9 cm³/mol. The van der Waals surface area contributed by atoms with Gasteiger partial charge in [0.25, 0.3) is 5.91 Å². The van der Waals surface area contributed by atoms with Crippen LogP contribution in [-0.2, 0) is 0 Å². The fourth-order valence-electron chi connectivity index (χ4n) is 1.97. The van der Waals surface area contributed by atoms with Crippen molar-refractivity contribution < 1.29 is 4.79 Å². The average molecular weight is 235 g/mol. The van der Waals surface area contributed by atoms with Gasteiger partial charge in [0, 0.05) is 17.6 Å². The highest BCUT2D eigenvalue weighted by molar-refractivity contribution is 7.15. The first kappa shape index (κ1) is 9.84. The Morgan fingerprint density at radius 1 is 1.62 bits per heavy atom. The molecule has 0 radical (unpaired) electrons. The first-order valence-corrected chi connectivity index (χ1v) is 6.36. The Balaban J connectivity index is 1.93. The zero-order chi connectivity index (χ0) is 11.1. The van der Waals surface area contributed by atoms with Crippen LogP contribution in [0.4, 0.5) is 0 Å². The SMILES string of the molecule is Cc1nc2sccn2c1C(=O)NC1CCC1. The predicted octanol–water partition coefficient (Wildman–Crippen LogP) is 1.99. The minimum absolute atomic E-state index is 0.00750. The lowest BCUT2D eigenvalue weighted by Crippen LogP contribution is -2.40. The van der Waals surface area contributed by atoms with Crippen LogP contribution in [-0.4, -0.2) is 21.3 Å². The molecule has 84 valence electrons. The fraction of sp³-hybridized carbons (Fsp3) is 0.455. The Bertz CT molecular complexity index is 538. The summed E-state index contributed by atoms with van der Waals surface area (Å²) in [5.74, 6) is 0.00750. The van der Waals surface area contributed by atoms with E-state index in [9.17, 15) is 4.79 Å². The molecule has 1 aliphatic rings. The monoisotopic (exact) mass is 235 g/mol. The van der Waals surface area contributed by atoms with Gasteiger partial charge in [-0.2, -0.15) is 0 Å². The summed E-state index contributed by atoms with van der Waals surface area (Å²) in [4.78, 5) is 17.3. The molecule has 2 heterocycles. The highest BCUT2D eigenvalue weighted by Gasteiger charge is 2.23. The topological polar surface area (TPSA) is 46.4 Å². The maximum atomic E-state index is 12.1. The van der Waals surface area contributed by atoms with Gasteiger partial charge in [-0.25, -0.2) is 4.98 Å². The van der Waals surface area contributed by atoms with E-state index in [1.165, 1.54) is 6.42 Å². The standard InChI is InChI=1S/C11H13N3OS/c1-7-9(10(15)13-8-3-2-4-8)14-5-6-16-11(14)12-7/h5-6,8H,2-4H2,1H3,(H,13,15). The first-order chi connectivity index (χ1) is 7.75. The molecular weight excluding hydrogens is 222 g/mol. The van der Waals surface area contributed by atoms with Crippen LogP contribution in [0.1, 0.15) is 35.4 Å². The smallest absolute Gasteiger partial charge is 0.270 e. The van der Waals surface area contributed by atoms with E-state index in [1.807, 2.05) is 22.9 Å². The maximum absolute atomic E-state index is 12.1. The Hall–Kier alpha value is -1.36. The van der Waals surface area contributed by atoms with Crippen molar-refractivity contribution in [1.82, 2.24) is 14.7 Å². The van der Waals surface area contributed by atoms with Gasteiger partial charge >= 0.3 is 0 Å². The van der Waals surface area contributed by atoms with Gasteiger partial charge in [0.05, 0.1) is 5.69 Å². The summed E-state index contributed by atoms with van der Waals surface area (Å²) in [7, 11) is 0. The van der Waals surface area contributed by atoms with Crippen LogP contribution >= 0.6 is 11.3 Å². The van der Waals surface area contributed by atoms with Crippen molar-refractivity contribution in [3.05, 3.63) is 23.0 Å². The van der Waals surface area contributed by atoms with Crippen molar-refractivity contribution in [3.8, 4) is 0 Å². The minimum atomic E-state index is 0.00750. The number of hydrogen-bond donors (Lipinski definition) is 1. The van der Waals surface area contributed by atoms with E-state index in [0.29, 0.717) is 11.7 Å². The second-order valence-electron chi connectivity index (χ2n) is 4.20. The maximum Gasteiger partial charge on any atom is 0.270 e. The van der Waals surface area contributed by atoms with Gasteiger partial charge in [-0.3, -0.25) is 9.20 Å². The van der Waals surface area contributed by atoms with E-state index in [4.69, 9.17) is 0 Å². The zero-order valence-corrected chi connectivity index (χ0v) is 9.88. The first-order valence-electron chi connectivity index (χ1n) is 5.49. The Labute approximate surface area is 97.3 Å². The van der Waals surface area contributed by atoms with E-state index < -0.39 is 0 Å². The molecule has 2 aromatic rings. The average Bonchev–Trinajstić information content (AvgIpc) is 2.70. The number of carbonyl (C=O) groups excluding carboxylic acids is 1. The lowest BCUT2D eigenvalue weighted by molar-refractivity contribution is 0.0910. The number of hydrogen-bond acceptors (Lipinski definition) is 3. The summed E-state index contributed by atoms with van der Waals surface area (Å²) in [5, 5.41) is 4.99. The lowest BCUT2D eigenvalue weighted by atomic mass is 9.93. The Morgan fingerprint density at radius 3 is 3.12 bits per heavy atom. The van der Waals surface area contributed by atoms with Crippen molar-refractivity contribution >= 4 is 22.2 Å². The molecule has 4 nitrogen and oxygen atoms in total. The Kier molecular flexibility index (Phi) is 2.21. The molecule has 0 saturated heterocycles. The van der Waals surface area contributed by atoms with Crippen LogP contribution < -0.4 is 5.32 Å². The molecule has 1 aliphatic carbocycles. The van der Waals surface area contributed by atoms with Gasteiger partial charge in [-0.15, -0.1) is 11.3 Å². The molecule has 3 rings (SSSR count). The zero-order valence-electron chi connectivity index (χ0n) is 9.06. The van der Waals surface area contributed by atoms with Gasteiger partial charge in [-0.05, 0) is 26.2 Å². The summed E-state index contributed by atoms with van der Waals surface area (Å²) in [6, 6.07) is 0.371. The van der Waals surface area contributed by atoms with Gasteiger partial charge in [-0.1, -0.05) is 0 Å². The molecular formula is C11H13N3OS. The van der Waals surface area contributed by atoms with Crippen LogP contribution in [0, 0.1) is 6.92 Å². The van der Waals surface area contributed by atoms with Crippen molar-refractivity contribution in [2.45, 2.75) is 32.2 Å². The third kappa shape index (κ3) is 1.43. The summed E-state index contributed by atoms with van der Waals surface area (Å²) in [6.07, 6.45) is 5.34. The molecule has 1 fully saturated rings. The largest absolute Gasteiger partial charge is 0.348 e. The van der Waals surface area contributed by atoms with Gasteiger partial charge in [0.15, 0.2) is 4.96 Å². The number of nitrogens with one attached hydrogen (secondary N) is 1. The highest BCUT2D eigenvalue weighted by atomic mass is 32.1. The van der Waals surface area contributed by atoms with Crippen molar-refractivity contribution in [3.63, 3.8) is 0 Å². The van der Waals surface area contributed by atoms with Crippen molar-refractivity contribution in [1.29, 1.82) is 0 Å². The Morgan fingerprint density at radius 2 is 2.44 bits per heavy atom. The number of amides is 1. The molecule has 0 atom stereocenters. The van der Waals surface area contributed by atoms with E-state index >= 15 is 0 Å². The molecule has 5 heteroatoms. The number of nitrogens with zero attached hydrogens (tertiary/aromatic N) is 2. The van der Waals surface area contributed by atoms with E-state index in [0.717, 1.165) is 23.5 Å². The van der Waals surface area contributed by atoms with E-state index in [2.05, 4.69) is 10.3 Å². The molecule has 0 aromatic carbocycles. The number of carbonyl (C=O) groups is 1. The molecule has 2 aromatic heterocycles. The molecule has 1 amide bonds. The molecule has 0 spiro atoms. The second-order valence-corrected chi connectivity index (χ2v) is 5.08. The summed E-state index contributed by atoms with van der Waals surface area (Å²) >= 11 is 1.55. The summed E-state index contributed by atoms with van der Waals surface area (Å²) in [5.41, 5.74) is 1.49. The van der Waals surface area contributed by atoms with Crippen LogP contribution in [0.5, 0.6) is 0 Å². The van der Waals surface area contributed by atoms with Crippen LogP contribution in [0.25, 0.3) is 4.96 Å². The third-order valence-corrected chi connectivity index (χ3v) is 3.85. The quantitative estimate of drug-likeness (QED) is 0.865. The number of rotatable bonds is 2. The highest BCUT2D eigenvalue weighted by Crippen LogP contribution is 2.20. The van der Waals surface area contributed by atoms with Crippen LogP contribution in [0.3, 0.4) is 0 Å². The van der Waals surface area contributed by atoms with Crippen molar-refractivity contribution in [2.24, 2.45) is 0 Å². The summed E-state index contributed by atoms with van der Waals surface area (Å²) in [6.45, 7) is 1.88. The van der Waals surface area contributed by atoms with Crippen molar-refractivity contribution in [2.75, 3.05) is 0 Å². The number of fused-ring (bicyclic) bond motifs is 1. The number of imidazole rings is 1. The van der Waals surface area contributed by atoms with Gasteiger partial charge in [0.2, 0.25) is 0 Å². The van der Waals surface area contributed by atoms with Gasteiger partial charge < -0.3 is 5.32 Å². The number of aromatic nitrogens is 2. The number of thiazole rings is 1. The molecule has 0 aliphatic heterocycles. The molecule has 0 unspecified atom stereocenters. The minimum Gasteiger partial charge on any atom is -0.348 e. The van der Waals surface area contributed by atoms with Crippen LogP contribution in [0.2, 0.25) is 0 Å². The lowest BCUT2D eigenvalue weighted by Gasteiger charge is -2.26. The molecule has 1 saturated carbocycles. The fourth-order valence-corrected chi connectivity index (χ4v) is 2.73. The number of aryl methyl sites for hydroxylation is 1. The summed E-state index contributed by atoms with van der Waals surface area (Å²) < 4.78 is 1.87. The normalized spacial score (nSPS) is 16.3. The molecule has 16 heavy (non-hydrogen) atoms. The van der Waals surface area contributed by atoms with Crippen LogP contribution in [0.15, 0.2) is 11.6 Å². The van der Waals surface area contributed by atoms with E-state index in [-0.39, 0.29) is 5.91 Å². The second kappa shape index (κ2) is 3.59. The molecule has 1 N–H and O–H groups in total.